The number of ether oxygens (including phenoxy) is 1. The van der Waals surface area contributed by atoms with Crippen LogP contribution in [0.2, 0.25) is 5.02 Å². The minimum atomic E-state index is -1.02. The monoisotopic (exact) mass is 347 g/mol. The van der Waals surface area contributed by atoms with Crippen LogP contribution in [0.5, 0.6) is 5.75 Å². The lowest BCUT2D eigenvalue weighted by Gasteiger charge is -2.09. The SMILES string of the molecule is Nc1cc(COc2cc(Br)cc(F)c2F)ccc1Cl. The van der Waals surface area contributed by atoms with Crippen molar-refractivity contribution in [3.63, 3.8) is 0 Å². The van der Waals surface area contributed by atoms with Crippen LogP contribution in [0.1, 0.15) is 5.56 Å². The maximum Gasteiger partial charge on any atom is 0.200 e. The van der Waals surface area contributed by atoms with Crippen LogP contribution in [-0.2, 0) is 6.61 Å². The van der Waals surface area contributed by atoms with Crippen molar-refractivity contribution in [2.45, 2.75) is 6.61 Å². The van der Waals surface area contributed by atoms with E-state index in [1.807, 2.05) is 0 Å². The maximum atomic E-state index is 13.5. The fourth-order valence-corrected chi connectivity index (χ4v) is 2.01. The van der Waals surface area contributed by atoms with Gasteiger partial charge in [0.2, 0.25) is 5.82 Å². The van der Waals surface area contributed by atoms with Gasteiger partial charge < -0.3 is 10.5 Å². The van der Waals surface area contributed by atoms with Crippen molar-refractivity contribution in [3.05, 3.63) is 57.0 Å². The lowest BCUT2D eigenvalue weighted by atomic mass is 10.2. The van der Waals surface area contributed by atoms with Crippen molar-refractivity contribution < 1.29 is 13.5 Å². The summed E-state index contributed by atoms with van der Waals surface area (Å²) in [6.45, 7) is 0.0637. The summed E-state index contributed by atoms with van der Waals surface area (Å²) in [5.74, 6) is -2.16. The number of benzene rings is 2. The zero-order chi connectivity index (χ0) is 14.0. The topological polar surface area (TPSA) is 35.2 Å². The highest BCUT2D eigenvalue weighted by atomic mass is 79.9. The third kappa shape index (κ3) is 3.36. The summed E-state index contributed by atoms with van der Waals surface area (Å²) >= 11 is 8.85. The van der Waals surface area contributed by atoms with E-state index in [1.165, 1.54) is 6.07 Å². The van der Waals surface area contributed by atoms with Gasteiger partial charge in [-0.2, -0.15) is 4.39 Å². The van der Waals surface area contributed by atoms with Gasteiger partial charge in [-0.3, -0.25) is 0 Å². The predicted molar refractivity (Wildman–Crippen MR) is 74.3 cm³/mol. The molecule has 2 N–H and O–H groups in total. The standard InChI is InChI=1S/C13H9BrClF2NO/c14-8-4-10(16)13(17)12(5-8)19-6-7-1-2-9(15)11(18)3-7/h1-5H,6,18H2. The first-order valence-corrected chi connectivity index (χ1v) is 6.45. The van der Waals surface area contributed by atoms with E-state index < -0.39 is 11.6 Å². The van der Waals surface area contributed by atoms with Crippen molar-refractivity contribution >= 4 is 33.2 Å². The van der Waals surface area contributed by atoms with Crippen LogP contribution in [0, 0.1) is 11.6 Å². The highest BCUT2D eigenvalue weighted by Gasteiger charge is 2.11. The van der Waals surface area contributed by atoms with Crippen LogP contribution in [0.4, 0.5) is 14.5 Å². The van der Waals surface area contributed by atoms with Gasteiger partial charge in [-0.05, 0) is 29.8 Å². The molecule has 0 fully saturated rings. The second-order valence-corrected chi connectivity index (χ2v) is 5.17. The Hall–Kier alpha value is -1.33. The van der Waals surface area contributed by atoms with E-state index >= 15 is 0 Å². The van der Waals surface area contributed by atoms with Gasteiger partial charge in [0.1, 0.15) is 6.61 Å². The fraction of sp³-hybridized carbons (Fsp3) is 0.0769. The average molecular weight is 349 g/mol. The van der Waals surface area contributed by atoms with Crippen LogP contribution in [0.15, 0.2) is 34.8 Å². The minimum absolute atomic E-state index is 0.0637. The predicted octanol–water partition coefficient (Wildman–Crippen LogP) is 4.54. The molecule has 0 bridgehead atoms. The second-order valence-electron chi connectivity index (χ2n) is 3.84. The van der Waals surface area contributed by atoms with E-state index in [0.29, 0.717) is 20.7 Å². The van der Waals surface area contributed by atoms with Crippen molar-refractivity contribution in [1.29, 1.82) is 0 Å². The Morgan fingerprint density at radius 2 is 1.95 bits per heavy atom. The molecule has 0 aromatic heterocycles. The molecule has 0 aliphatic rings. The van der Waals surface area contributed by atoms with E-state index in [9.17, 15) is 8.78 Å². The van der Waals surface area contributed by atoms with Crippen LogP contribution in [-0.4, -0.2) is 0 Å². The Balaban J connectivity index is 2.16. The van der Waals surface area contributed by atoms with Crippen molar-refractivity contribution in [1.82, 2.24) is 0 Å². The summed E-state index contributed by atoms with van der Waals surface area (Å²) < 4.78 is 32.3. The molecule has 0 aliphatic heterocycles. The molecule has 2 rings (SSSR count). The first-order valence-electron chi connectivity index (χ1n) is 5.28. The van der Waals surface area contributed by atoms with Gasteiger partial charge in [0.15, 0.2) is 11.6 Å². The lowest BCUT2D eigenvalue weighted by Crippen LogP contribution is -2.00. The van der Waals surface area contributed by atoms with Gasteiger partial charge in [0.05, 0.1) is 10.7 Å². The van der Waals surface area contributed by atoms with Crippen LogP contribution in [0.25, 0.3) is 0 Å². The van der Waals surface area contributed by atoms with Crippen LogP contribution in [0.3, 0.4) is 0 Å². The van der Waals surface area contributed by atoms with E-state index in [-0.39, 0.29) is 12.4 Å². The van der Waals surface area contributed by atoms with Gasteiger partial charge >= 0.3 is 0 Å². The third-order valence-electron chi connectivity index (χ3n) is 2.41. The molecule has 100 valence electrons. The summed E-state index contributed by atoms with van der Waals surface area (Å²) in [4.78, 5) is 0. The van der Waals surface area contributed by atoms with E-state index in [1.54, 1.807) is 18.2 Å². The molecule has 2 aromatic rings. The first kappa shape index (κ1) is 14.1. The average Bonchev–Trinajstić information content (AvgIpc) is 2.36. The molecule has 2 nitrogen and oxygen atoms in total. The lowest BCUT2D eigenvalue weighted by molar-refractivity contribution is 0.284. The summed E-state index contributed by atoms with van der Waals surface area (Å²) in [5.41, 5.74) is 6.75. The molecule has 0 aliphatic carbocycles. The number of nitrogens with two attached hydrogens (primary N) is 1. The molecule has 2 aromatic carbocycles. The van der Waals surface area contributed by atoms with Gasteiger partial charge in [-0.1, -0.05) is 33.6 Å². The molecule has 0 saturated heterocycles. The zero-order valence-electron chi connectivity index (χ0n) is 9.59. The van der Waals surface area contributed by atoms with E-state index in [2.05, 4.69) is 15.9 Å². The molecule has 0 radical (unpaired) electrons. The van der Waals surface area contributed by atoms with Crippen molar-refractivity contribution in [2.75, 3.05) is 5.73 Å². The zero-order valence-corrected chi connectivity index (χ0v) is 11.9. The van der Waals surface area contributed by atoms with E-state index in [4.69, 9.17) is 22.1 Å². The Morgan fingerprint density at radius 1 is 1.21 bits per heavy atom. The van der Waals surface area contributed by atoms with Gasteiger partial charge in [-0.15, -0.1) is 0 Å². The summed E-state index contributed by atoms with van der Waals surface area (Å²) in [6, 6.07) is 7.33. The van der Waals surface area contributed by atoms with Crippen LogP contribution >= 0.6 is 27.5 Å². The second kappa shape index (κ2) is 5.75. The molecular formula is C13H9BrClF2NO. The quantitative estimate of drug-likeness (QED) is 0.653. The molecule has 19 heavy (non-hydrogen) atoms. The molecule has 0 atom stereocenters. The Morgan fingerprint density at radius 3 is 2.63 bits per heavy atom. The van der Waals surface area contributed by atoms with Crippen LogP contribution < -0.4 is 10.5 Å². The normalized spacial score (nSPS) is 10.5. The molecule has 6 heteroatoms. The number of nitrogen functional groups attached to an aromatic ring is 1. The molecule has 0 saturated carbocycles. The summed E-state index contributed by atoms with van der Waals surface area (Å²) in [5, 5.41) is 0.434. The number of anilines is 1. The molecule has 0 amide bonds. The number of hydrogen-bond acceptors (Lipinski definition) is 2. The molecule has 0 spiro atoms. The van der Waals surface area contributed by atoms with Gasteiger partial charge in [-0.25, -0.2) is 4.39 Å². The fourth-order valence-electron chi connectivity index (χ4n) is 1.48. The molecule has 0 unspecified atom stereocenters. The Labute approximate surface area is 122 Å². The Bertz CT molecular complexity index is 622. The molecular weight excluding hydrogens is 340 g/mol. The third-order valence-corrected chi connectivity index (χ3v) is 3.22. The maximum absolute atomic E-state index is 13.5. The molecule has 0 heterocycles. The minimum Gasteiger partial charge on any atom is -0.486 e. The highest BCUT2D eigenvalue weighted by molar-refractivity contribution is 9.10. The van der Waals surface area contributed by atoms with Crippen molar-refractivity contribution in [2.24, 2.45) is 0 Å². The summed E-state index contributed by atoms with van der Waals surface area (Å²) in [6.07, 6.45) is 0. The van der Waals surface area contributed by atoms with Crippen molar-refractivity contribution in [3.8, 4) is 5.75 Å². The van der Waals surface area contributed by atoms with Gasteiger partial charge in [0.25, 0.3) is 0 Å². The number of rotatable bonds is 3. The smallest absolute Gasteiger partial charge is 0.200 e. The summed E-state index contributed by atoms with van der Waals surface area (Å²) in [7, 11) is 0. The highest BCUT2D eigenvalue weighted by Crippen LogP contribution is 2.26. The Kier molecular flexibility index (Phi) is 4.27. The number of hydrogen-bond donors (Lipinski definition) is 1. The van der Waals surface area contributed by atoms with Gasteiger partial charge in [0, 0.05) is 4.47 Å². The largest absolute Gasteiger partial charge is 0.486 e. The van der Waals surface area contributed by atoms with E-state index in [0.717, 1.165) is 6.07 Å². The first-order chi connectivity index (χ1) is 8.97. The number of halogens is 4.